The van der Waals surface area contributed by atoms with E-state index in [0.29, 0.717) is 30.3 Å². The molecule has 0 bridgehead atoms. The van der Waals surface area contributed by atoms with Crippen molar-refractivity contribution >= 4 is 29.1 Å². The average Bonchev–Trinajstić information content (AvgIpc) is 2.87. The minimum Gasteiger partial charge on any atom is -0.399 e. The molecule has 194 valence electrons. The number of amides is 2. The molecule has 0 unspecified atom stereocenters. The van der Waals surface area contributed by atoms with E-state index in [2.05, 4.69) is 31.3 Å². The molecule has 6 heteroatoms. The van der Waals surface area contributed by atoms with Gasteiger partial charge >= 0.3 is 0 Å². The van der Waals surface area contributed by atoms with Gasteiger partial charge in [0.15, 0.2) is 0 Å². The Hall–Kier alpha value is -3.31. The van der Waals surface area contributed by atoms with E-state index in [-0.39, 0.29) is 23.1 Å². The van der Waals surface area contributed by atoms with Crippen LogP contribution in [0.4, 0.5) is 5.69 Å². The van der Waals surface area contributed by atoms with Gasteiger partial charge < -0.3 is 16.0 Å². The number of likely N-dealkylation sites (tertiary alicyclic amines) is 1. The Bertz CT molecular complexity index is 1250. The highest BCUT2D eigenvalue weighted by Crippen LogP contribution is 2.42. The Morgan fingerprint density at radius 1 is 1.00 bits per heavy atom. The molecule has 2 amide bonds. The number of nitrogens with two attached hydrogens (primary N) is 1. The number of nitrogens with one attached hydrogen (secondary N) is 1. The van der Waals surface area contributed by atoms with Gasteiger partial charge in [-0.2, -0.15) is 0 Å². The second-order valence-corrected chi connectivity index (χ2v) is 11.5. The lowest BCUT2D eigenvalue weighted by molar-refractivity contribution is -0.137. The number of hydrogen-bond acceptors (Lipinski definition) is 3. The number of carbonyl (C=O) groups is 2. The minimum absolute atomic E-state index is 0.0272. The molecule has 0 spiro atoms. The number of anilines is 1. The molecule has 1 fully saturated rings. The number of carbonyl (C=O) groups excluding carboxylic acids is 2. The van der Waals surface area contributed by atoms with E-state index in [9.17, 15) is 9.59 Å². The van der Waals surface area contributed by atoms with Gasteiger partial charge in [0.1, 0.15) is 6.04 Å². The van der Waals surface area contributed by atoms with Gasteiger partial charge in [-0.15, -0.1) is 0 Å². The first-order chi connectivity index (χ1) is 17.5. The van der Waals surface area contributed by atoms with Crippen LogP contribution in [0.1, 0.15) is 56.0 Å². The number of benzene rings is 3. The first-order valence-electron chi connectivity index (χ1n) is 12.9. The summed E-state index contributed by atoms with van der Waals surface area (Å²) in [5, 5.41) is 3.75. The Kier molecular flexibility index (Phi) is 7.93. The van der Waals surface area contributed by atoms with Crippen molar-refractivity contribution in [3.63, 3.8) is 0 Å². The quantitative estimate of drug-likeness (QED) is 0.372. The lowest BCUT2D eigenvalue weighted by Crippen LogP contribution is -2.55. The van der Waals surface area contributed by atoms with Crippen LogP contribution in [0.3, 0.4) is 0 Å². The van der Waals surface area contributed by atoms with Gasteiger partial charge in [0.25, 0.3) is 5.91 Å². The van der Waals surface area contributed by atoms with E-state index in [0.717, 1.165) is 22.6 Å². The van der Waals surface area contributed by atoms with Crippen LogP contribution in [-0.4, -0.2) is 35.8 Å². The molecule has 3 aromatic carbocycles. The van der Waals surface area contributed by atoms with E-state index >= 15 is 0 Å². The molecule has 1 aliphatic heterocycles. The molecule has 3 aromatic rings. The third kappa shape index (κ3) is 6.16. The highest BCUT2D eigenvalue weighted by molar-refractivity contribution is 6.30. The summed E-state index contributed by atoms with van der Waals surface area (Å²) in [4.78, 5) is 28.9. The monoisotopic (exact) mass is 517 g/mol. The standard InChI is InChI=1S/C31H36ClN3O2/c1-20(2)28(34-29(36)24-7-5-6-23(18-24)21-10-14-26(33)15-11-21)30(37)35-17-16-27(31(3,4)19-35)22-8-12-25(32)13-9-22/h5-15,18,20,27-28H,16-17,19,33H2,1-4H3,(H,34,36)/t27-,28-/m1/s1. The van der Waals surface area contributed by atoms with Crippen LogP contribution in [0.2, 0.25) is 5.02 Å². The van der Waals surface area contributed by atoms with Gasteiger partial charge in [-0.05, 0) is 76.8 Å². The molecule has 0 saturated carbocycles. The van der Waals surface area contributed by atoms with Gasteiger partial charge in [0.05, 0.1) is 0 Å². The average molecular weight is 518 g/mol. The van der Waals surface area contributed by atoms with Crippen LogP contribution >= 0.6 is 11.6 Å². The Morgan fingerprint density at radius 2 is 1.68 bits per heavy atom. The summed E-state index contributed by atoms with van der Waals surface area (Å²) in [6, 6.07) is 22.4. The second kappa shape index (κ2) is 11.0. The number of hydrogen-bond donors (Lipinski definition) is 2. The van der Waals surface area contributed by atoms with Crippen molar-refractivity contribution in [2.45, 2.75) is 46.1 Å². The molecule has 5 nitrogen and oxygen atoms in total. The predicted octanol–water partition coefficient (Wildman–Crippen LogP) is 6.39. The van der Waals surface area contributed by atoms with Gasteiger partial charge in [0, 0.05) is 29.4 Å². The van der Waals surface area contributed by atoms with Crippen molar-refractivity contribution in [1.82, 2.24) is 10.2 Å². The normalized spacial score (nSPS) is 17.9. The van der Waals surface area contributed by atoms with E-state index in [1.54, 1.807) is 6.07 Å². The maximum absolute atomic E-state index is 13.7. The van der Waals surface area contributed by atoms with Crippen LogP contribution in [0.5, 0.6) is 0 Å². The van der Waals surface area contributed by atoms with Crippen molar-refractivity contribution in [3.05, 3.63) is 88.9 Å². The molecule has 0 aliphatic carbocycles. The molecule has 0 radical (unpaired) electrons. The minimum atomic E-state index is -0.601. The van der Waals surface area contributed by atoms with Crippen molar-refractivity contribution < 1.29 is 9.59 Å². The van der Waals surface area contributed by atoms with Gasteiger partial charge in [0.2, 0.25) is 5.91 Å². The first kappa shape index (κ1) is 26.7. The van der Waals surface area contributed by atoms with Crippen LogP contribution in [-0.2, 0) is 4.79 Å². The fourth-order valence-corrected chi connectivity index (χ4v) is 5.43. The second-order valence-electron chi connectivity index (χ2n) is 11.0. The molecule has 2 atom stereocenters. The van der Waals surface area contributed by atoms with Crippen LogP contribution in [0.25, 0.3) is 11.1 Å². The maximum atomic E-state index is 13.7. The smallest absolute Gasteiger partial charge is 0.251 e. The third-order valence-corrected chi connectivity index (χ3v) is 7.65. The summed E-state index contributed by atoms with van der Waals surface area (Å²) in [7, 11) is 0. The predicted molar refractivity (Wildman–Crippen MR) is 152 cm³/mol. The molecule has 1 heterocycles. The lowest BCUT2D eigenvalue weighted by atomic mass is 9.70. The molecular weight excluding hydrogens is 482 g/mol. The Balaban J connectivity index is 1.47. The molecule has 1 saturated heterocycles. The zero-order valence-corrected chi connectivity index (χ0v) is 22.8. The number of piperidine rings is 1. The van der Waals surface area contributed by atoms with E-state index in [4.69, 9.17) is 17.3 Å². The molecule has 0 aromatic heterocycles. The highest BCUT2D eigenvalue weighted by atomic mass is 35.5. The molecule has 4 rings (SSSR count). The zero-order valence-electron chi connectivity index (χ0n) is 22.0. The van der Waals surface area contributed by atoms with Gasteiger partial charge in [-0.25, -0.2) is 0 Å². The molecule has 37 heavy (non-hydrogen) atoms. The van der Waals surface area contributed by atoms with Crippen LogP contribution < -0.4 is 11.1 Å². The number of halogens is 1. The molecular formula is C31H36ClN3O2. The third-order valence-electron chi connectivity index (χ3n) is 7.40. The number of rotatable bonds is 6. The topological polar surface area (TPSA) is 75.4 Å². The molecule has 3 N–H and O–H groups in total. The van der Waals surface area contributed by atoms with Crippen LogP contribution in [0, 0.1) is 11.3 Å². The summed E-state index contributed by atoms with van der Waals surface area (Å²) < 4.78 is 0. The van der Waals surface area contributed by atoms with Gasteiger partial charge in [-0.1, -0.05) is 75.7 Å². The van der Waals surface area contributed by atoms with Crippen molar-refractivity contribution in [3.8, 4) is 11.1 Å². The Labute approximate surface area is 225 Å². The largest absolute Gasteiger partial charge is 0.399 e. The summed E-state index contributed by atoms with van der Waals surface area (Å²) >= 11 is 6.09. The van der Waals surface area contributed by atoms with Crippen molar-refractivity contribution in [2.24, 2.45) is 11.3 Å². The van der Waals surface area contributed by atoms with E-state index in [1.807, 2.05) is 73.3 Å². The maximum Gasteiger partial charge on any atom is 0.251 e. The van der Waals surface area contributed by atoms with Crippen LogP contribution in [0.15, 0.2) is 72.8 Å². The fourth-order valence-electron chi connectivity index (χ4n) is 5.31. The first-order valence-corrected chi connectivity index (χ1v) is 13.2. The molecule has 1 aliphatic rings. The van der Waals surface area contributed by atoms with Crippen molar-refractivity contribution in [2.75, 3.05) is 18.8 Å². The number of nitrogens with zero attached hydrogens (tertiary/aromatic N) is 1. The van der Waals surface area contributed by atoms with E-state index < -0.39 is 6.04 Å². The highest BCUT2D eigenvalue weighted by Gasteiger charge is 2.40. The summed E-state index contributed by atoms with van der Waals surface area (Å²) in [6.07, 6.45) is 0.864. The summed E-state index contributed by atoms with van der Waals surface area (Å²) in [5.74, 6) is 0.00569. The summed E-state index contributed by atoms with van der Waals surface area (Å²) in [6.45, 7) is 9.64. The number of nitrogen functional groups attached to an aromatic ring is 1. The van der Waals surface area contributed by atoms with Crippen molar-refractivity contribution in [1.29, 1.82) is 0 Å². The van der Waals surface area contributed by atoms with Gasteiger partial charge in [-0.3, -0.25) is 9.59 Å². The fraction of sp³-hybridized carbons (Fsp3) is 0.355. The lowest BCUT2D eigenvalue weighted by Gasteiger charge is -2.45. The van der Waals surface area contributed by atoms with E-state index in [1.165, 1.54) is 5.56 Å². The SMILES string of the molecule is CC(C)[C@@H](NC(=O)c1cccc(-c2ccc(N)cc2)c1)C(=O)N1CC[C@H](c2ccc(Cl)cc2)C(C)(C)C1. The summed E-state index contributed by atoms with van der Waals surface area (Å²) in [5.41, 5.74) is 10.1. The zero-order chi connectivity index (χ0) is 26.7. The Morgan fingerprint density at radius 3 is 2.30 bits per heavy atom.